The van der Waals surface area contributed by atoms with E-state index in [4.69, 9.17) is 10.7 Å². The zero-order valence-electron chi connectivity index (χ0n) is 19.0. The lowest BCUT2D eigenvalue weighted by Crippen LogP contribution is -2.36. The first-order valence-electron chi connectivity index (χ1n) is 11.1. The maximum atomic E-state index is 12.8. The fraction of sp³-hybridized carbons (Fsp3) is 0.292. The zero-order chi connectivity index (χ0) is 24.0. The van der Waals surface area contributed by atoms with Crippen molar-refractivity contribution in [2.45, 2.75) is 30.2 Å². The van der Waals surface area contributed by atoms with Crippen molar-refractivity contribution >= 4 is 27.6 Å². The Morgan fingerprint density at radius 3 is 2.53 bits per heavy atom. The highest BCUT2D eigenvalue weighted by atomic mass is 32.2. The quantitative estimate of drug-likeness (QED) is 0.582. The van der Waals surface area contributed by atoms with Gasteiger partial charge < -0.3 is 11.1 Å². The van der Waals surface area contributed by atoms with Crippen LogP contribution in [-0.2, 0) is 16.4 Å². The molecule has 176 valence electrons. The van der Waals surface area contributed by atoms with Gasteiger partial charge in [-0.3, -0.25) is 4.90 Å². The number of anilines is 2. The molecule has 0 saturated heterocycles. The molecule has 3 aromatic rings. The summed E-state index contributed by atoms with van der Waals surface area (Å²) in [5.41, 5.74) is 10.8. The van der Waals surface area contributed by atoms with E-state index < -0.39 is 10.0 Å². The third-order valence-electron chi connectivity index (χ3n) is 6.40. The summed E-state index contributed by atoms with van der Waals surface area (Å²) in [6.07, 6.45) is 4.14. The summed E-state index contributed by atoms with van der Waals surface area (Å²) >= 11 is 0. The number of nitrogens with two attached hydrogens (primary N) is 1. The second kappa shape index (κ2) is 8.37. The second-order valence-corrected chi connectivity index (χ2v) is 10.6. The van der Waals surface area contributed by atoms with Crippen LogP contribution in [0.25, 0.3) is 22.5 Å². The lowest BCUT2D eigenvalue weighted by molar-refractivity contribution is 0.248. The van der Waals surface area contributed by atoms with Crippen molar-refractivity contribution in [1.82, 2.24) is 19.6 Å². The molecule has 0 bridgehead atoms. The van der Waals surface area contributed by atoms with Gasteiger partial charge in [-0.15, -0.1) is 0 Å². The van der Waals surface area contributed by atoms with E-state index in [9.17, 15) is 13.2 Å². The van der Waals surface area contributed by atoms with Crippen LogP contribution in [0.4, 0.5) is 16.3 Å². The van der Waals surface area contributed by atoms with Gasteiger partial charge in [0.05, 0.1) is 16.8 Å². The smallest absolute Gasteiger partial charge is 0.321 e. The average Bonchev–Trinajstić information content (AvgIpc) is 3.62. The molecule has 1 aromatic heterocycles. The van der Waals surface area contributed by atoms with Crippen molar-refractivity contribution in [3.63, 3.8) is 0 Å². The lowest BCUT2D eigenvalue weighted by Gasteiger charge is -2.17. The number of sulfonamides is 1. The maximum Gasteiger partial charge on any atom is 0.321 e. The SMILES string of the molecule is CNC(=O)N1CCc2cc(-c3nc(-c4ccc(S(=O)(=O)N(C)C5CC5)cc4)cnc3N)ccc21. The molecule has 2 aromatic carbocycles. The van der Waals surface area contributed by atoms with Crippen molar-refractivity contribution in [3.05, 3.63) is 54.2 Å². The molecule has 5 rings (SSSR count). The number of urea groups is 1. The first-order valence-corrected chi connectivity index (χ1v) is 12.6. The Morgan fingerprint density at radius 2 is 1.85 bits per heavy atom. The number of amides is 2. The molecule has 1 aliphatic heterocycles. The fourth-order valence-electron chi connectivity index (χ4n) is 4.24. The van der Waals surface area contributed by atoms with Crippen molar-refractivity contribution in [2.75, 3.05) is 31.3 Å². The highest BCUT2D eigenvalue weighted by Crippen LogP contribution is 2.34. The Morgan fingerprint density at radius 1 is 1.15 bits per heavy atom. The van der Waals surface area contributed by atoms with Crippen LogP contribution in [0.15, 0.2) is 53.6 Å². The van der Waals surface area contributed by atoms with E-state index in [-0.39, 0.29) is 17.0 Å². The van der Waals surface area contributed by atoms with Crippen molar-refractivity contribution in [1.29, 1.82) is 0 Å². The lowest BCUT2D eigenvalue weighted by atomic mass is 10.0. The molecular weight excluding hydrogens is 452 g/mol. The molecular formula is C24H26N6O3S. The molecule has 0 unspecified atom stereocenters. The van der Waals surface area contributed by atoms with E-state index in [2.05, 4.69) is 10.3 Å². The molecule has 3 N–H and O–H groups in total. The van der Waals surface area contributed by atoms with Gasteiger partial charge in [0, 0.05) is 43.5 Å². The topological polar surface area (TPSA) is 122 Å². The van der Waals surface area contributed by atoms with Crippen molar-refractivity contribution in [3.8, 4) is 22.5 Å². The van der Waals surface area contributed by atoms with E-state index in [1.54, 1.807) is 49.5 Å². The summed E-state index contributed by atoms with van der Waals surface area (Å²) in [5.74, 6) is 0.301. The van der Waals surface area contributed by atoms with Gasteiger partial charge in [0.2, 0.25) is 10.0 Å². The van der Waals surface area contributed by atoms with Gasteiger partial charge in [-0.2, -0.15) is 4.31 Å². The molecule has 2 aliphatic rings. The Kier molecular flexibility index (Phi) is 5.49. The number of carbonyl (C=O) groups excluding carboxylic acids is 1. The summed E-state index contributed by atoms with van der Waals surface area (Å²) in [6, 6.07) is 12.4. The van der Waals surface area contributed by atoms with Crippen LogP contribution in [0, 0.1) is 0 Å². The number of nitrogen functional groups attached to an aromatic ring is 1. The molecule has 2 amide bonds. The van der Waals surface area contributed by atoms with Crippen LogP contribution in [-0.4, -0.2) is 55.4 Å². The van der Waals surface area contributed by atoms with Gasteiger partial charge in [-0.1, -0.05) is 18.2 Å². The monoisotopic (exact) mass is 478 g/mol. The van der Waals surface area contributed by atoms with Gasteiger partial charge in [0.15, 0.2) is 0 Å². The fourth-order valence-corrected chi connectivity index (χ4v) is 5.66. The minimum atomic E-state index is -3.51. The van der Waals surface area contributed by atoms with Crippen LogP contribution in [0.5, 0.6) is 0 Å². The first-order chi connectivity index (χ1) is 16.3. The van der Waals surface area contributed by atoms with Gasteiger partial charge in [0.1, 0.15) is 11.5 Å². The number of rotatable bonds is 5. The van der Waals surface area contributed by atoms with Crippen LogP contribution in [0.1, 0.15) is 18.4 Å². The number of hydrogen-bond acceptors (Lipinski definition) is 6. The van der Waals surface area contributed by atoms with E-state index in [1.165, 1.54) is 4.31 Å². The van der Waals surface area contributed by atoms with E-state index >= 15 is 0 Å². The number of benzene rings is 2. The largest absolute Gasteiger partial charge is 0.382 e. The molecule has 0 spiro atoms. The second-order valence-electron chi connectivity index (χ2n) is 8.57. The van der Waals surface area contributed by atoms with Crippen LogP contribution in [0.3, 0.4) is 0 Å². The number of hydrogen-bond donors (Lipinski definition) is 2. The summed E-state index contributed by atoms with van der Waals surface area (Å²) in [7, 11) is -0.263. The summed E-state index contributed by atoms with van der Waals surface area (Å²) in [6.45, 7) is 0.616. The van der Waals surface area contributed by atoms with Crippen molar-refractivity contribution < 1.29 is 13.2 Å². The highest BCUT2D eigenvalue weighted by molar-refractivity contribution is 7.89. The van der Waals surface area contributed by atoms with E-state index in [0.29, 0.717) is 23.8 Å². The molecule has 1 saturated carbocycles. The van der Waals surface area contributed by atoms with Crippen molar-refractivity contribution in [2.24, 2.45) is 0 Å². The molecule has 1 aliphatic carbocycles. The molecule has 1 fully saturated rings. The van der Waals surface area contributed by atoms with E-state index in [1.807, 2.05) is 18.2 Å². The molecule has 0 atom stereocenters. The standard InChI is InChI=1S/C24H26N6O3S/c1-26-24(31)30-12-11-16-13-17(5-10-21(16)30)22-23(25)27-14-20(28-22)15-3-8-19(9-4-15)34(32,33)29(2)18-6-7-18/h3-5,8-10,13-14,18H,6-7,11-12H2,1-2H3,(H2,25,27)(H,26,31). The summed E-state index contributed by atoms with van der Waals surface area (Å²) < 4.78 is 27.0. The normalized spacial score (nSPS) is 15.4. The van der Waals surface area contributed by atoms with Crippen LogP contribution >= 0.6 is 0 Å². The minimum absolute atomic E-state index is 0.103. The van der Waals surface area contributed by atoms with Gasteiger partial charge in [-0.05, 0) is 49.1 Å². The van der Waals surface area contributed by atoms with Gasteiger partial charge in [-0.25, -0.2) is 23.2 Å². The number of carbonyl (C=O) groups is 1. The molecule has 9 nitrogen and oxygen atoms in total. The number of nitrogens with one attached hydrogen (secondary N) is 1. The van der Waals surface area contributed by atoms with Crippen LogP contribution < -0.4 is 16.0 Å². The number of aromatic nitrogens is 2. The summed E-state index contributed by atoms with van der Waals surface area (Å²) in [4.78, 5) is 23.1. The molecule has 2 heterocycles. The predicted octanol–water partition coefficient (Wildman–Crippen LogP) is 2.88. The minimum Gasteiger partial charge on any atom is -0.382 e. The summed E-state index contributed by atoms with van der Waals surface area (Å²) in [5, 5.41) is 2.66. The Labute approximate surface area is 198 Å². The zero-order valence-corrected chi connectivity index (χ0v) is 19.8. The maximum absolute atomic E-state index is 12.8. The van der Waals surface area contributed by atoms with Crippen LogP contribution in [0.2, 0.25) is 0 Å². The third-order valence-corrected chi connectivity index (χ3v) is 8.32. The highest BCUT2D eigenvalue weighted by Gasteiger charge is 2.35. The number of fused-ring (bicyclic) bond motifs is 1. The van der Waals surface area contributed by atoms with Gasteiger partial charge >= 0.3 is 6.03 Å². The molecule has 34 heavy (non-hydrogen) atoms. The Hall–Kier alpha value is -3.50. The van der Waals surface area contributed by atoms with E-state index in [0.717, 1.165) is 41.6 Å². The molecule has 10 heteroatoms. The number of nitrogens with zero attached hydrogens (tertiary/aromatic N) is 4. The average molecular weight is 479 g/mol. The predicted molar refractivity (Wildman–Crippen MR) is 131 cm³/mol. The van der Waals surface area contributed by atoms with Gasteiger partial charge in [0.25, 0.3) is 0 Å². The first kappa shape index (κ1) is 22.3. The Balaban J connectivity index is 1.44. The Bertz CT molecular complexity index is 1370. The third kappa shape index (κ3) is 3.88. The molecule has 0 radical (unpaired) electrons.